The smallest absolute Gasteiger partial charge is 0.436 e. The molecule has 3 nitrogen and oxygen atoms in total. The highest BCUT2D eigenvalue weighted by atomic mass is 19.4. The van der Waals surface area contributed by atoms with E-state index in [4.69, 9.17) is 4.52 Å². The van der Waals surface area contributed by atoms with Gasteiger partial charge in [-0.05, 0) is 34.6 Å². The third-order valence-electron chi connectivity index (χ3n) is 4.01. The maximum absolute atomic E-state index is 12.6. The average Bonchev–Trinajstić information content (AvgIpc) is 2.92. The van der Waals surface area contributed by atoms with Gasteiger partial charge in [-0.15, -0.1) is 0 Å². The zero-order valence-electron chi connectivity index (χ0n) is 15.8. The topological polar surface area (TPSA) is 46.3 Å². The van der Waals surface area contributed by atoms with E-state index in [9.17, 15) is 18.3 Å². The molecule has 1 aromatic carbocycles. The minimum Gasteiger partial charge on any atom is -0.507 e. The van der Waals surface area contributed by atoms with Crippen molar-refractivity contribution >= 4 is 12.2 Å². The maximum Gasteiger partial charge on any atom is 0.436 e. The summed E-state index contributed by atoms with van der Waals surface area (Å²) in [6.07, 6.45) is -1.44. The molecule has 0 aliphatic rings. The standard InChI is InChI=1S/C20H24F3NO2/c1-18(2,3)14-9-12(10-15(17(14)25)19(4,5)6)7-8-13-11-16(24-26-13)20(21,22)23/h7-11,25H,1-6H3. The highest BCUT2D eigenvalue weighted by Gasteiger charge is 2.34. The molecule has 0 saturated heterocycles. The minimum atomic E-state index is -4.53. The van der Waals surface area contributed by atoms with Crippen molar-refractivity contribution in [3.8, 4) is 5.75 Å². The Morgan fingerprint density at radius 2 is 1.38 bits per heavy atom. The van der Waals surface area contributed by atoms with E-state index in [2.05, 4.69) is 5.16 Å². The van der Waals surface area contributed by atoms with Gasteiger partial charge in [-0.1, -0.05) is 52.8 Å². The number of benzene rings is 1. The molecule has 0 bridgehead atoms. The molecule has 6 heteroatoms. The van der Waals surface area contributed by atoms with Crippen molar-refractivity contribution in [1.82, 2.24) is 5.16 Å². The van der Waals surface area contributed by atoms with Crippen molar-refractivity contribution in [3.05, 3.63) is 46.3 Å². The number of aromatic nitrogens is 1. The first-order valence-electron chi connectivity index (χ1n) is 8.29. The second kappa shape index (κ2) is 6.49. The predicted molar refractivity (Wildman–Crippen MR) is 95.9 cm³/mol. The van der Waals surface area contributed by atoms with Gasteiger partial charge >= 0.3 is 6.18 Å². The van der Waals surface area contributed by atoms with Gasteiger partial charge in [0.15, 0.2) is 11.5 Å². The van der Waals surface area contributed by atoms with Crippen LogP contribution >= 0.6 is 0 Å². The lowest BCUT2D eigenvalue weighted by atomic mass is 9.78. The fraction of sp³-hybridized carbons (Fsp3) is 0.450. The lowest BCUT2D eigenvalue weighted by molar-refractivity contribution is -0.142. The predicted octanol–water partition coefficient (Wildman–Crippen LogP) is 6.16. The number of phenols is 1. The average molecular weight is 367 g/mol. The van der Waals surface area contributed by atoms with E-state index in [1.807, 2.05) is 53.7 Å². The Labute approximate surface area is 151 Å². The molecule has 0 radical (unpaired) electrons. The van der Waals surface area contributed by atoms with Crippen LogP contribution in [0.15, 0.2) is 22.7 Å². The number of aromatic hydroxyl groups is 1. The largest absolute Gasteiger partial charge is 0.507 e. The van der Waals surface area contributed by atoms with Crippen LogP contribution in [0.25, 0.3) is 12.2 Å². The van der Waals surface area contributed by atoms with Crippen molar-refractivity contribution < 1.29 is 22.8 Å². The fourth-order valence-corrected chi connectivity index (χ4v) is 2.58. The van der Waals surface area contributed by atoms with E-state index in [0.717, 1.165) is 22.8 Å². The number of hydrogen-bond donors (Lipinski definition) is 1. The zero-order valence-corrected chi connectivity index (χ0v) is 15.8. The highest BCUT2D eigenvalue weighted by Crippen LogP contribution is 2.40. The second-order valence-electron chi connectivity index (χ2n) is 8.41. The van der Waals surface area contributed by atoms with Gasteiger partial charge in [0.05, 0.1) is 0 Å². The first kappa shape index (κ1) is 20.1. The molecule has 142 valence electrons. The number of alkyl halides is 3. The molecule has 0 amide bonds. The molecule has 1 aromatic heterocycles. The van der Waals surface area contributed by atoms with Gasteiger partial charge in [-0.2, -0.15) is 13.2 Å². The summed E-state index contributed by atoms with van der Waals surface area (Å²) in [6, 6.07) is 4.52. The van der Waals surface area contributed by atoms with E-state index < -0.39 is 11.9 Å². The molecule has 0 atom stereocenters. The normalized spacial score (nSPS) is 13.6. The summed E-state index contributed by atoms with van der Waals surface area (Å²) < 4.78 is 42.5. The first-order chi connectivity index (χ1) is 11.7. The van der Waals surface area contributed by atoms with E-state index >= 15 is 0 Å². The van der Waals surface area contributed by atoms with E-state index in [1.165, 1.54) is 6.08 Å². The Kier molecular flexibility index (Phi) is 5.01. The van der Waals surface area contributed by atoms with Gasteiger partial charge < -0.3 is 9.63 Å². The number of nitrogens with zero attached hydrogens (tertiary/aromatic N) is 1. The molecule has 0 saturated carbocycles. The van der Waals surface area contributed by atoms with Gasteiger partial charge in [0.2, 0.25) is 0 Å². The molecule has 0 fully saturated rings. The van der Waals surface area contributed by atoms with Crippen LogP contribution in [-0.4, -0.2) is 10.3 Å². The van der Waals surface area contributed by atoms with Gasteiger partial charge in [0, 0.05) is 17.2 Å². The van der Waals surface area contributed by atoms with E-state index in [1.54, 1.807) is 6.08 Å². The molecular formula is C20H24F3NO2. The lowest BCUT2D eigenvalue weighted by Crippen LogP contribution is -2.17. The Hall–Kier alpha value is -2.24. The van der Waals surface area contributed by atoms with Crippen LogP contribution in [0.5, 0.6) is 5.75 Å². The summed E-state index contributed by atoms with van der Waals surface area (Å²) in [5, 5.41) is 13.7. The molecule has 0 aliphatic heterocycles. The van der Waals surface area contributed by atoms with Crippen molar-refractivity contribution in [1.29, 1.82) is 0 Å². The van der Waals surface area contributed by atoms with Crippen LogP contribution in [-0.2, 0) is 17.0 Å². The number of phenolic OH excluding ortho intramolecular Hbond substituents is 1. The summed E-state index contributed by atoms with van der Waals surface area (Å²) in [7, 11) is 0. The molecule has 0 unspecified atom stereocenters. The van der Waals surface area contributed by atoms with Crippen molar-refractivity contribution in [2.24, 2.45) is 0 Å². The molecule has 0 spiro atoms. The fourth-order valence-electron chi connectivity index (χ4n) is 2.58. The van der Waals surface area contributed by atoms with Crippen LogP contribution in [0.3, 0.4) is 0 Å². The Bertz CT molecular complexity index is 784. The van der Waals surface area contributed by atoms with Crippen LogP contribution in [0, 0.1) is 0 Å². The van der Waals surface area contributed by atoms with Gasteiger partial charge in [0.25, 0.3) is 0 Å². The number of hydrogen-bond acceptors (Lipinski definition) is 3. The quantitative estimate of drug-likeness (QED) is 0.691. The van der Waals surface area contributed by atoms with Crippen LogP contribution in [0.1, 0.15) is 69.7 Å². The maximum atomic E-state index is 12.6. The SMILES string of the molecule is CC(C)(C)c1cc(C=Cc2cc(C(F)(F)F)no2)cc(C(C)(C)C)c1O. The summed E-state index contributed by atoms with van der Waals surface area (Å²) in [4.78, 5) is 0. The van der Waals surface area contributed by atoms with E-state index in [-0.39, 0.29) is 22.3 Å². The molecule has 2 aromatic rings. The summed E-state index contributed by atoms with van der Waals surface area (Å²) in [5.74, 6) is 0.265. The lowest BCUT2D eigenvalue weighted by Gasteiger charge is -2.27. The Morgan fingerprint density at radius 3 is 1.77 bits per heavy atom. The third kappa shape index (κ3) is 4.48. The first-order valence-corrected chi connectivity index (χ1v) is 8.29. The monoisotopic (exact) mass is 367 g/mol. The summed E-state index contributed by atoms with van der Waals surface area (Å²) in [6.45, 7) is 12.0. The number of rotatable bonds is 2. The van der Waals surface area contributed by atoms with Crippen LogP contribution < -0.4 is 0 Å². The van der Waals surface area contributed by atoms with Gasteiger partial charge in [-0.3, -0.25) is 0 Å². The minimum absolute atomic E-state index is 0.0139. The summed E-state index contributed by atoms with van der Waals surface area (Å²) >= 11 is 0. The molecule has 1 N–H and O–H groups in total. The molecule has 1 heterocycles. The Morgan fingerprint density at radius 1 is 0.885 bits per heavy atom. The van der Waals surface area contributed by atoms with Crippen LogP contribution in [0.4, 0.5) is 13.2 Å². The molecule has 26 heavy (non-hydrogen) atoms. The zero-order chi connectivity index (χ0) is 19.9. The molecular weight excluding hydrogens is 343 g/mol. The number of halogens is 3. The molecule has 0 aliphatic carbocycles. The molecule has 2 rings (SSSR count). The van der Waals surface area contributed by atoms with Gasteiger partial charge in [0.1, 0.15) is 5.75 Å². The Balaban J connectivity index is 2.48. The van der Waals surface area contributed by atoms with Gasteiger partial charge in [-0.25, -0.2) is 0 Å². The van der Waals surface area contributed by atoms with Crippen molar-refractivity contribution in [3.63, 3.8) is 0 Å². The van der Waals surface area contributed by atoms with Crippen LogP contribution in [0.2, 0.25) is 0 Å². The van der Waals surface area contributed by atoms with E-state index in [0.29, 0.717) is 0 Å². The van der Waals surface area contributed by atoms with Crippen molar-refractivity contribution in [2.75, 3.05) is 0 Å². The third-order valence-corrected chi connectivity index (χ3v) is 4.01. The highest BCUT2D eigenvalue weighted by molar-refractivity contribution is 5.70. The summed E-state index contributed by atoms with van der Waals surface area (Å²) in [5.41, 5.74) is 0.681. The van der Waals surface area contributed by atoms with Crippen molar-refractivity contribution in [2.45, 2.75) is 58.5 Å². The second-order valence-corrected chi connectivity index (χ2v) is 8.41.